The van der Waals surface area contributed by atoms with E-state index < -0.39 is 34.2 Å². The Morgan fingerprint density at radius 3 is 2.50 bits per heavy atom. The molecule has 36 heavy (non-hydrogen) atoms. The van der Waals surface area contributed by atoms with E-state index in [0.29, 0.717) is 28.7 Å². The lowest BCUT2D eigenvalue weighted by Gasteiger charge is -2.20. The van der Waals surface area contributed by atoms with E-state index >= 15 is 4.39 Å². The number of aromatic amines is 1. The van der Waals surface area contributed by atoms with Crippen LogP contribution < -0.4 is 9.62 Å². The number of pyridine rings is 1. The fourth-order valence-electron chi connectivity index (χ4n) is 3.86. The third kappa shape index (κ3) is 4.88. The van der Waals surface area contributed by atoms with Crippen LogP contribution >= 0.6 is 0 Å². The van der Waals surface area contributed by atoms with Crippen LogP contribution in [0.4, 0.5) is 20.2 Å². The van der Waals surface area contributed by atoms with Gasteiger partial charge in [0.1, 0.15) is 11.5 Å². The normalized spacial score (nSPS) is 11.9. The van der Waals surface area contributed by atoms with Gasteiger partial charge in [-0.05, 0) is 42.3 Å². The maximum absolute atomic E-state index is 15.4. The Kier molecular flexibility index (Phi) is 7.22. The average Bonchev–Trinajstić information content (AvgIpc) is 3.26. The lowest BCUT2D eigenvalue weighted by Crippen LogP contribution is -2.27. The van der Waals surface area contributed by atoms with Gasteiger partial charge in [-0.25, -0.2) is 18.0 Å². The summed E-state index contributed by atoms with van der Waals surface area (Å²) in [5, 5.41) is 3.03. The van der Waals surface area contributed by atoms with E-state index in [1.54, 1.807) is 43.5 Å². The number of halogens is 2. The topological polar surface area (TPSA) is 115 Å². The van der Waals surface area contributed by atoms with Crippen molar-refractivity contribution < 1.29 is 27.1 Å². The van der Waals surface area contributed by atoms with Crippen molar-refractivity contribution in [2.24, 2.45) is 0 Å². The highest BCUT2D eigenvalue weighted by Crippen LogP contribution is 2.31. The fraction of sp³-hybridized carbons (Fsp3) is 0.160. The zero-order chi connectivity index (χ0) is 26.0. The van der Waals surface area contributed by atoms with Gasteiger partial charge in [-0.2, -0.15) is 0 Å². The van der Waals surface area contributed by atoms with Gasteiger partial charge in [0.15, 0.2) is 5.82 Å². The van der Waals surface area contributed by atoms with Crippen molar-refractivity contribution >= 4 is 45.4 Å². The van der Waals surface area contributed by atoms with E-state index in [2.05, 4.69) is 15.3 Å². The van der Waals surface area contributed by atoms with Crippen LogP contribution in [0.1, 0.15) is 36.2 Å². The molecule has 4 aromatic rings. The van der Waals surface area contributed by atoms with Crippen molar-refractivity contribution in [3.63, 3.8) is 0 Å². The molecule has 1 unspecified atom stereocenters. The standard InChI is InChI=1S/C25H22F2N4O4S/c1-3-10-31(36(34)35)21-9-8-20(26)22(23(21)27)24(33)19-13-29-25-18(19)11-16(12-28-25)15-4-6-17(7-5-15)30-14(2)32/h4-9,11-13H,3,10H2,1-2H3,(H,28,29)(H,30,32)(H,34,35). The van der Waals surface area contributed by atoms with Gasteiger partial charge in [-0.3, -0.25) is 18.4 Å². The molecular weight excluding hydrogens is 490 g/mol. The smallest absolute Gasteiger partial charge is 0.261 e. The fourth-order valence-corrected chi connectivity index (χ4v) is 4.51. The summed E-state index contributed by atoms with van der Waals surface area (Å²) in [6.07, 6.45) is 3.33. The number of carbonyl (C=O) groups is 2. The van der Waals surface area contributed by atoms with Crippen molar-refractivity contribution in [3.05, 3.63) is 77.6 Å². The highest BCUT2D eigenvalue weighted by molar-refractivity contribution is 7.80. The van der Waals surface area contributed by atoms with Crippen LogP contribution in [-0.2, 0) is 16.1 Å². The quantitative estimate of drug-likeness (QED) is 0.226. The van der Waals surface area contributed by atoms with Crippen molar-refractivity contribution in [1.29, 1.82) is 0 Å². The molecule has 0 aliphatic carbocycles. The highest BCUT2D eigenvalue weighted by Gasteiger charge is 2.27. The van der Waals surface area contributed by atoms with Gasteiger partial charge >= 0.3 is 0 Å². The molecule has 2 aromatic heterocycles. The number of fused-ring (bicyclic) bond motifs is 1. The molecule has 0 saturated heterocycles. The predicted octanol–water partition coefficient (Wildman–Crippen LogP) is 5.05. The minimum absolute atomic E-state index is 0.00340. The summed E-state index contributed by atoms with van der Waals surface area (Å²) in [5.74, 6) is -3.44. The van der Waals surface area contributed by atoms with Crippen LogP contribution in [-0.4, -0.2) is 37.0 Å². The van der Waals surface area contributed by atoms with Crippen molar-refractivity contribution in [2.75, 3.05) is 16.2 Å². The summed E-state index contributed by atoms with van der Waals surface area (Å²) in [4.78, 5) is 31.7. The van der Waals surface area contributed by atoms with Crippen molar-refractivity contribution in [1.82, 2.24) is 9.97 Å². The van der Waals surface area contributed by atoms with Crippen LogP contribution in [0.5, 0.6) is 0 Å². The number of nitrogens with one attached hydrogen (secondary N) is 2. The molecule has 8 nitrogen and oxygen atoms in total. The molecule has 0 saturated carbocycles. The van der Waals surface area contributed by atoms with Crippen LogP contribution in [0.2, 0.25) is 0 Å². The van der Waals surface area contributed by atoms with E-state index in [9.17, 15) is 22.7 Å². The van der Waals surface area contributed by atoms with Gasteiger partial charge in [0, 0.05) is 48.1 Å². The number of benzene rings is 2. The van der Waals surface area contributed by atoms with Crippen molar-refractivity contribution in [3.8, 4) is 11.1 Å². The summed E-state index contributed by atoms with van der Waals surface area (Å²) < 4.78 is 52.2. The number of H-pyrrole nitrogens is 1. The molecule has 0 fully saturated rings. The summed E-state index contributed by atoms with van der Waals surface area (Å²) in [6, 6.07) is 10.6. The summed E-state index contributed by atoms with van der Waals surface area (Å²) in [5.41, 5.74) is 1.17. The Morgan fingerprint density at radius 1 is 1.14 bits per heavy atom. The second-order valence-electron chi connectivity index (χ2n) is 8.00. The molecule has 1 atom stereocenters. The van der Waals surface area contributed by atoms with Gasteiger partial charge in [0.2, 0.25) is 11.7 Å². The first-order valence-electron chi connectivity index (χ1n) is 11.0. The Morgan fingerprint density at radius 2 is 1.86 bits per heavy atom. The molecule has 0 aliphatic heterocycles. The second-order valence-corrected chi connectivity index (χ2v) is 8.90. The molecule has 0 radical (unpaired) electrons. The molecule has 0 bridgehead atoms. The largest absolute Gasteiger partial charge is 0.345 e. The Hall–Kier alpha value is -3.96. The lowest BCUT2D eigenvalue weighted by atomic mass is 9.99. The van der Waals surface area contributed by atoms with E-state index in [1.165, 1.54) is 13.1 Å². The average molecular weight is 513 g/mol. The molecular formula is C25H22F2N4O4S. The third-order valence-corrected chi connectivity index (χ3v) is 6.25. The van der Waals surface area contributed by atoms with Crippen molar-refractivity contribution in [2.45, 2.75) is 20.3 Å². The zero-order valence-corrected chi connectivity index (χ0v) is 20.2. The van der Waals surface area contributed by atoms with E-state index in [0.717, 1.165) is 22.0 Å². The first kappa shape index (κ1) is 25.1. The number of hydrogen-bond donors (Lipinski definition) is 3. The van der Waals surface area contributed by atoms with Gasteiger partial charge in [0.05, 0.1) is 11.3 Å². The highest BCUT2D eigenvalue weighted by atomic mass is 32.2. The Balaban J connectivity index is 1.76. The van der Waals surface area contributed by atoms with Crippen LogP contribution in [0.25, 0.3) is 22.2 Å². The number of anilines is 2. The molecule has 186 valence electrons. The maximum atomic E-state index is 15.4. The van der Waals surface area contributed by atoms with Crippen LogP contribution in [0.15, 0.2) is 54.9 Å². The summed E-state index contributed by atoms with van der Waals surface area (Å²) in [6.45, 7) is 3.17. The first-order valence-corrected chi connectivity index (χ1v) is 12.0. The number of carbonyl (C=O) groups excluding carboxylic acids is 2. The molecule has 2 aromatic carbocycles. The van der Waals surface area contributed by atoms with Crippen LogP contribution in [0, 0.1) is 11.6 Å². The predicted molar refractivity (Wildman–Crippen MR) is 134 cm³/mol. The number of nitrogens with zero attached hydrogens (tertiary/aromatic N) is 2. The van der Waals surface area contributed by atoms with Gasteiger partial charge in [-0.15, -0.1) is 0 Å². The van der Waals surface area contributed by atoms with Gasteiger partial charge in [0.25, 0.3) is 11.3 Å². The molecule has 0 spiro atoms. The van der Waals surface area contributed by atoms with E-state index in [-0.39, 0.29) is 23.7 Å². The Labute approximate surface area is 207 Å². The Bertz CT molecular complexity index is 1490. The molecule has 0 aliphatic rings. The monoisotopic (exact) mass is 512 g/mol. The van der Waals surface area contributed by atoms with E-state index in [4.69, 9.17) is 0 Å². The molecule has 11 heteroatoms. The number of amides is 1. The summed E-state index contributed by atoms with van der Waals surface area (Å²) in [7, 11) is 0. The minimum atomic E-state index is -2.56. The SMILES string of the molecule is CCCN(c1ccc(F)c(C(=O)c2c[nH]c3ncc(-c4ccc(NC(C)=O)cc4)cc23)c1F)S(=O)O. The number of hydrogen-bond acceptors (Lipinski definition) is 4. The first-order chi connectivity index (χ1) is 17.2. The minimum Gasteiger partial charge on any atom is -0.345 e. The molecule has 2 heterocycles. The van der Waals surface area contributed by atoms with Gasteiger partial charge < -0.3 is 10.3 Å². The molecule has 4 rings (SSSR count). The number of rotatable bonds is 8. The molecule has 3 N–H and O–H groups in total. The van der Waals surface area contributed by atoms with Gasteiger partial charge in [-0.1, -0.05) is 19.1 Å². The zero-order valence-electron chi connectivity index (χ0n) is 19.3. The van der Waals surface area contributed by atoms with E-state index in [1.807, 2.05) is 0 Å². The third-order valence-electron chi connectivity index (χ3n) is 5.50. The molecule has 1 amide bonds. The lowest BCUT2D eigenvalue weighted by molar-refractivity contribution is -0.114. The second kappa shape index (κ2) is 10.3. The maximum Gasteiger partial charge on any atom is 0.261 e. The summed E-state index contributed by atoms with van der Waals surface area (Å²) >= 11 is -2.56. The van der Waals surface area contributed by atoms with Crippen LogP contribution in [0.3, 0.4) is 0 Å². The number of aromatic nitrogens is 2. The number of ketones is 1.